The first kappa shape index (κ1) is 27.6. The second-order valence-electron chi connectivity index (χ2n) is 9.12. The van der Waals surface area contributed by atoms with E-state index in [1.807, 2.05) is 13.0 Å². The van der Waals surface area contributed by atoms with E-state index in [1.165, 1.54) is 23.4 Å². The number of aliphatic hydroxyl groups excluding tert-OH is 2. The van der Waals surface area contributed by atoms with Crippen molar-refractivity contribution < 1.29 is 28.2 Å². The highest BCUT2D eigenvalue weighted by atomic mass is 32.2. The van der Waals surface area contributed by atoms with Gasteiger partial charge in [0.15, 0.2) is 0 Å². The first-order chi connectivity index (χ1) is 17.0. The minimum Gasteiger partial charge on any atom is -0.487 e. The van der Waals surface area contributed by atoms with Gasteiger partial charge in [-0.25, -0.2) is 8.42 Å². The third kappa shape index (κ3) is 6.62. The van der Waals surface area contributed by atoms with Crippen LogP contribution in [0.3, 0.4) is 0 Å². The summed E-state index contributed by atoms with van der Waals surface area (Å²) < 4.78 is 34.6. The van der Waals surface area contributed by atoms with Crippen LogP contribution in [0.4, 0.5) is 0 Å². The molecule has 1 aromatic heterocycles. The largest absolute Gasteiger partial charge is 0.487 e. The van der Waals surface area contributed by atoms with Crippen LogP contribution >= 0.6 is 0 Å². The highest BCUT2D eigenvalue weighted by molar-refractivity contribution is 7.89. The summed E-state index contributed by atoms with van der Waals surface area (Å²) in [4.78, 5) is 18.6. The van der Waals surface area contributed by atoms with E-state index in [1.54, 1.807) is 43.3 Å². The Hall–Kier alpha value is -2.97. The minimum atomic E-state index is -3.98. The van der Waals surface area contributed by atoms with Gasteiger partial charge in [0.2, 0.25) is 15.9 Å². The molecular weight excluding hydrogens is 482 g/mol. The highest BCUT2D eigenvalue weighted by Crippen LogP contribution is 2.34. The summed E-state index contributed by atoms with van der Waals surface area (Å²) in [5, 5.41) is 19.3. The van der Waals surface area contributed by atoms with Crippen molar-refractivity contribution >= 4 is 15.9 Å². The van der Waals surface area contributed by atoms with Gasteiger partial charge in [-0.1, -0.05) is 24.8 Å². The molecular formula is C26H33N3O6S. The number of aliphatic hydroxyl groups is 2. The molecule has 10 heteroatoms. The molecule has 1 amide bonds. The van der Waals surface area contributed by atoms with Gasteiger partial charge in [-0.2, -0.15) is 4.31 Å². The van der Waals surface area contributed by atoms with E-state index in [0.29, 0.717) is 11.3 Å². The van der Waals surface area contributed by atoms with E-state index in [4.69, 9.17) is 4.74 Å². The fourth-order valence-electron chi connectivity index (χ4n) is 3.87. The summed E-state index contributed by atoms with van der Waals surface area (Å²) in [5.74, 6) is 5.12. The SMILES string of the molecule is C[C@@H]1CN([C@@H](C)CO)S(=O)(=O)c2ccc(C#C[C@@H](C)O)cc2O[C@@H]1CN(C)C(=O)Cc1ccccn1. The quantitative estimate of drug-likeness (QED) is 0.556. The van der Waals surface area contributed by atoms with Crippen molar-refractivity contribution in [1.82, 2.24) is 14.2 Å². The van der Waals surface area contributed by atoms with Gasteiger partial charge in [-0.15, -0.1) is 0 Å². The lowest BCUT2D eigenvalue weighted by Crippen LogP contribution is -2.50. The number of ether oxygens (including phenoxy) is 1. The Bertz CT molecular complexity index is 1220. The maximum absolute atomic E-state index is 13.5. The number of nitrogens with zero attached hydrogens (tertiary/aromatic N) is 3. The molecule has 4 atom stereocenters. The highest BCUT2D eigenvalue weighted by Gasteiger charge is 2.38. The Kier molecular flexibility index (Phi) is 9.08. The average molecular weight is 516 g/mol. The number of likely N-dealkylation sites (N-methyl/N-ethyl adjacent to an activating group) is 1. The Morgan fingerprint density at radius 2 is 2.06 bits per heavy atom. The lowest BCUT2D eigenvalue weighted by Gasteiger charge is -2.37. The van der Waals surface area contributed by atoms with Crippen LogP contribution in [0.1, 0.15) is 32.0 Å². The van der Waals surface area contributed by atoms with Crippen molar-refractivity contribution in [3.8, 4) is 17.6 Å². The number of benzene rings is 1. The smallest absolute Gasteiger partial charge is 0.247 e. The fraction of sp³-hybridized carbons (Fsp3) is 0.462. The predicted molar refractivity (Wildman–Crippen MR) is 135 cm³/mol. The maximum atomic E-state index is 13.5. The number of amides is 1. The van der Waals surface area contributed by atoms with E-state index in [9.17, 15) is 23.4 Å². The molecule has 0 aliphatic carbocycles. The molecule has 0 spiro atoms. The Morgan fingerprint density at radius 1 is 1.31 bits per heavy atom. The molecule has 9 nitrogen and oxygen atoms in total. The molecule has 3 rings (SSSR count). The van der Waals surface area contributed by atoms with E-state index >= 15 is 0 Å². The summed E-state index contributed by atoms with van der Waals surface area (Å²) in [6.45, 7) is 5.03. The molecule has 1 aromatic carbocycles. The molecule has 0 bridgehead atoms. The summed E-state index contributed by atoms with van der Waals surface area (Å²) >= 11 is 0. The van der Waals surface area contributed by atoms with Gasteiger partial charge >= 0.3 is 0 Å². The number of hydrogen-bond donors (Lipinski definition) is 2. The summed E-state index contributed by atoms with van der Waals surface area (Å²) in [6, 6.07) is 9.25. The Labute approximate surface area is 212 Å². The van der Waals surface area contributed by atoms with Gasteiger partial charge in [0.1, 0.15) is 22.9 Å². The third-order valence-corrected chi connectivity index (χ3v) is 8.05. The van der Waals surface area contributed by atoms with Crippen LogP contribution in [0.15, 0.2) is 47.5 Å². The van der Waals surface area contributed by atoms with Gasteiger partial charge in [0.25, 0.3) is 0 Å². The number of aromatic nitrogens is 1. The molecule has 36 heavy (non-hydrogen) atoms. The molecule has 2 aromatic rings. The summed E-state index contributed by atoms with van der Waals surface area (Å²) in [7, 11) is -2.30. The standard InChI is InChI=1S/C26H33N3O6S/c1-18-15-29(19(2)17-30)36(33,34)25-11-10-21(9-8-20(3)31)13-23(25)35-24(18)16-28(4)26(32)14-22-7-5-6-12-27-22/h5-7,10-13,18-20,24,30-31H,14-17H2,1-4H3/t18-,19+,20-,24-/m1/s1. The van der Waals surface area contributed by atoms with Crippen molar-refractivity contribution in [2.24, 2.45) is 5.92 Å². The number of sulfonamides is 1. The van der Waals surface area contributed by atoms with E-state index < -0.39 is 28.3 Å². The molecule has 0 saturated carbocycles. The zero-order chi connectivity index (χ0) is 26.5. The van der Waals surface area contributed by atoms with Gasteiger partial charge in [-0.05, 0) is 44.2 Å². The van der Waals surface area contributed by atoms with Crippen molar-refractivity contribution in [2.75, 3.05) is 26.7 Å². The van der Waals surface area contributed by atoms with Gasteiger partial charge in [0.05, 0.1) is 19.6 Å². The van der Waals surface area contributed by atoms with E-state index in [2.05, 4.69) is 16.8 Å². The molecule has 2 heterocycles. The van der Waals surface area contributed by atoms with Crippen molar-refractivity contribution in [1.29, 1.82) is 0 Å². The zero-order valence-corrected chi connectivity index (χ0v) is 21.8. The van der Waals surface area contributed by atoms with E-state index in [0.717, 1.165) is 0 Å². The third-order valence-electron chi connectivity index (χ3n) is 6.03. The first-order valence-electron chi connectivity index (χ1n) is 11.8. The lowest BCUT2D eigenvalue weighted by molar-refractivity contribution is -0.130. The number of fused-ring (bicyclic) bond motifs is 1. The molecule has 0 fully saturated rings. The average Bonchev–Trinajstić information content (AvgIpc) is 2.84. The van der Waals surface area contributed by atoms with Crippen LogP contribution in [0.5, 0.6) is 5.75 Å². The molecule has 194 valence electrons. The van der Waals surface area contributed by atoms with Crippen molar-refractivity contribution in [3.63, 3.8) is 0 Å². The molecule has 1 aliphatic rings. The lowest BCUT2D eigenvalue weighted by atomic mass is 10.0. The molecule has 0 radical (unpaired) electrons. The van der Waals surface area contributed by atoms with Crippen LogP contribution < -0.4 is 4.74 Å². The number of pyridine rings is 1. The number of rotatable bonds is 6. The topological polar surface area (TPSA) is 120 Å². The molecule has 2 N–H and O–H groups in total. The number of carbonyl (C=O) groups excluding carboxylic acids is 1. The van der Waals surface area contributed by atoms with Gasteiger partial charge in [-0.3, -0.25) is 9.78 Å². The minimum absolute atomic E-state index is 0.0373. The van der Waals surface area contributed by atoms with Crippen LogP contribution in [-0.4, -0.2) is 83.7 Å². The van der Waals surface area contributed by atoms with Crippen LogP contribution in [0.2, 0.25) is 0 Å². The second kappa shape index (κ2) is 11.8. The summed E-state index contributed by atoms with van der Waals surface area (Å²) in [5.41, 5.74) is 1.14. The van der Waals surface area contributed by atoms with Gasteiger partial charge < -0.3 is 19.8 Å². The van der Waals surface area contributed by atoms with Crippen LogP contribution in [-0.2, 0) is 21.2 Å². The van der Waals surface area contributed by atoms with E-state index in [-0.39, 0.29) is 48.6 Å². The van der Waals surface area contributed by atoms with Crippen LogP contribution in [0.25, 0.3) is 0 Å². The second-order valence-corrected chi connectivity index (χ2v) is 11.0. The Morgan fingerprint density at radius 3 is 2.69 bits per heavy atom. The van der Waals surface area contributed by atoms with Gasteiger partial charge in [0, 0.05) is 43.0 Å². The number of carbonyl (C=O) groups is 1. The fourth-order valence-corrected chi connectivity index (χ4v) is 5.70. The molecule has 0 saturated heterocycles. The van der Waals surface area contributed by atoms with Crippen molar-refractivity contribution in [3.05, 3.63) is 53.9 Å². The predicted octanol–water partition coefficient (Wildman–Crippen LogP) is 1.28. The first-order valence-corrected chi connectivity index (χ1v) is 13.2. The number of hydrogen-bond acceptors (Lipinski definition) is 7. The maximum Gasteiger partial charge on any atom is 0.247 e. The van der Waals surface area contributed by atoms with Crippen LogP contribution in [0, 0.1) is 17.8 Å². The summed E-state index contributed by atoms with van der Waals surface area (Å²) in [6.07, 6.45) is 0.389. The monoisotopic (exact) mass is 515 g/mol. The molecule has 0 unspecified atom stereocenters. The Balaban J connectivity index is 1.96. The molecule has 1 aliphatic heterocycles. The zero-order valence-electron chi connectivity index (χ0n) is 21.0. The van der Waals surface area contributed by atoms with Crippen molar-refractivity contribution in [2.45, 2.75) is 50.3 Å². The normalized spacial score (nSPS) is 20.9.